The van der Waals surface area contributed by atoms with Crippen LogP contribution >= 0.6 is 23.1 Å². The second-order valence-electron chi connectivity index (χ2n) is 7.76. The summed E-state index contributed by atoms with van der Waals surface area (Å²) in [5.41, 5.74) is 3.23. The van der Waals surface area contributed by atoms with Crippen molar-refractivity contribution in [2.45, 2.75) is 30.8 Å². The number of rotatable bonds is 5. The highest BCUT2D eigenvalue weighted by Crippen LogP contribution is 2.33. The van der Waals surface area contributed by atoms with Crippen LogP contribution in [0.15, 0.2) is 60.0 Å². The van der Waals surface area contributed by atoms with E-state index < -0.39 is 0 Å². The minimum absolute atomic E-state index is 0.148. The summed E-state index contributed by atoms with van der Waals surface area (Å²) < 4.78 is 3.17. The van der Waals surface area contributed by atoms with Gasteiger partial charge in [-0.2, -0.15) is 0 Å². The molecule has 31 heavy (non-hydrogen) atoms. The number of para-hydroxylation sites is 2. The van der Waals surface area contributed by atoms with Crippen LogP contribution in [0, 0.1) is 6.92 Å². The van der Waals surface area contributed by atoms with Gasteiger partial charge in [-0.1, -0.05) is 42.1 Å². The fourth-order valence-electron chi connectivity index (χ4n) is 4.01. The van der Waals surface area contributed by atoms with Crippen molar-refractivity contribution in [1.82, 2.24) is 24.6 Å². The Bertz CT molecular complexity index is 1180. The molecule has 1 unspecified atom stereocenters. The monoisotopic (exact) mass is 449 g/mol. The lowest BCUT2D eigenvalue weighted by Crippen LogP contribution is -2.40. The molecule has 1 fully saturated rings. The van der Waals surface area contributed by atoms with E-state index >= 15 is 0 Å². The Balaban J connectivity index is 1.25. The van der Waals surface area contributed by atoms with Crippen LogP contribution in [0.2, 0.25) is 0 Å². The summed E-state index contributed by atoms with van der Waals surface area (Å²) in [6.45, 7) is 3.61. The van der Waals surface area contributed by atoms with Crippen molar-refractivity contribution in [3.63, 3.8) is 0 Å². The van der Waals surface area contributed by atoms with E-state index in [1.54, 1.807) is 17.7 Å². The van der Waals surface area contributed by atoms with Crippen molar-refractivity contribution < 1.29 is 4.79 Å². The number of amides is 1. The Morgan fingerprint density at radius 3 is 2.90 bits per heavy atom. The van der Waals surface area contributed by atoms with Crippen LogP contribution in [0.5, 0.6) is 0 Å². The summed E-state index contributed by atoms with van der Waals surface area (Å²) in [6, 6.07) is 16.4. The SMILES string of the molecule is Cc1ccccc1-n1cnnc1SCC(=O)N1CCCC(c2nc3ccccc3s2)C1. The third-order valence-electron chi connectivity index (χ3n) is 5.65. The molecule has 1 aliphatic heterocycles. The van der Waals surface area contributed by atoms with Gasteiger partial charge in [-0.05, 0) is 43.5 Å². The normalized spacial score (nSPS) is 16.7. The highest BCUT2D eigenvalue weighted by Gasteiger charge is 2.27. The van der Waals surface area contributed by atoms with E-state index in [0.29, 0.717) is 11.7 Å². The van der Waals surface area contributed by atoms with Crippen molar-refractivity contribution in [1.29, 1.82) is 0 Å². The lowest BCUT2D eigenvalue weighted by atomic mass is 9.99. The van der Waals surface area contributed by atoms with Crippen LogP contribution in [0.1, 0.15) is 29.3 Å². The molecule has 6 nitrogen and oxygen atoms in total. The lowest BCUT2D eigenvalue weighted by Gasteiger charge is -2.31. The Labute approximate surface area is 189 Å². The summed E-state index contributed by atoms with van der Waals surface area (Å²) in [7, 11) is 0. The van der Waals surface area contributed by atoms with Gasteiger partial charge in [0.15, 0.2) is 5.16 Å². The first kappa shape index (κ1) is 20.2. The molecule has 5 rings (SSSR count). The summed E-state index contributed by atoms with van der Waals surface area (Å²) in [5, 5.41) is 10.2. The zero-order valence-electron chi connectivity index (χ0n) is 17.3. The van der Waals surface area contributed by atoms with Crippen molar-refractivity contribution in [3.05, 3.63) is 65.4 Å². The van der Waals surface area contributed by atoms with Crippen molar-refractivity contribution in [3.8, 4) is 5.69 Å². The molecule has 0 radical (unpaired) electrons. The van der Waals surface area contributed by atoms with Crippen molar-refractivity contribution >= 4 is 39.2 Å². The average Bonchev–Trinajstić information content (AvgIpc) is 3.45. The first-order valence-electron chi connectivity index (χ1n) is 10.4. The second-order valence-corrected chi connectivity index (χ2v) is 9.76. The number of fused-ring (bicyclic) bond motifs is 1. The van der Waals surface area contributed by atoms with Crippen molar-refractivity contribution in [2.24, 2.45) is 0 Å². The molecule has 1 amide bonds. The maximum atomic E-state index is 13.0. The number of likely N-dealkylation sites (tertiary alicyclic amines) is 1. The number of carbonyl (C=O) groups is 1. The molecule has 3 heterocycles. The minimum atomic E-state index is 0.148. The topological polar surface area (TPSA) is 63.9 Å². The summed E-state index contributed by atoms with van der Waals surface area (Å²) in [5.74, 6) is 0.822. The number of nitrogens with zero attached hydrogens (tertiary/aromatic N) is 5. The predicted molar refractivity (Wildman–Crippen MR) is 125 cm³/mol. The summed E-state index contributed by atoms with van der Waals surface area (Å²) >= 11 is 3.20. The minimum Gasteiger partial charge on any atom is -0.341 e. The van der Waals surface area contributed by atoms with E-state index in [9.17, 15) is 4.79 Å². The van der Waals surface area contributed by atoms with Crippen LogP contribution in [-0.2, 0) is 4.79 Å². The molecule has 1 aliphatic rings. The van der Waals surface area contributed by atoms with Crippen LogP contribution in [-0.4, -0.2) is 49.4 Å². The third-order valence-corrected chi connectivity index (χ3v) is 7.78. The predicted octanol–water partition coefficient (Wildman–Crippen LogP) is 4.68. The molecular weight excluding hydrogens is 426 g/mol. The van der Waals surface area contributed by atoms with E-state index in [1.165, 1.54) is 16.5 Å². The van der Waals surface area contributed by atoms with Gasteiger partial charge in [-0.3, -0.25) is 9.36 Å². The Hall–Kier alpha value is -2.71. The Morgan fingerprint density at radius 1 is 1.19 bits per heavy atom. The highest BCUT2D eigenvalue weighted by molar-refractivity contribution is 7.99. The highest BCUT2D eigenvalue weighted by atomic mass is 32.2. The van der Waals surface area contributed by atoms with Crippen LogP contribution in [0.4, 0.5) is 0 Å². The molecule has 0 saturated carbocycles. The molecule has 0 spiro atoms. The van der Waals surface area contributed by atoms with Crippen molar-refractivity contribution in [2.75, 3.05) is 18.8 Å². The number of aromatic nitrogens is 4. The average molecular weight is 450 g/mol. The zero-order valence-corrected chi connectivity index (χ0v) is 18.9. The fraction of sp³-hybridized carbons (Fsp3) is 0.304. The molecule has 0 aliphatic carbocycles. The maximum Gasteiger partial charge on any atom is 0.233 e. The van der Waals surface area contributed by atoms with E-state index in [0.717, 1.165) is 52.9 Å². The van der Waals surface area contributed by atoms with E-state index in [-0.39, 0.29) is 5.91 Å². The summed E-state index contributed by atoms with van der Waals surface area (Å²) in [6.07, 6.45) is 3.80. The van der Waals surface area contributed by atoms with E-state index in [2.05, 4.69) is 35.3 Å². The number of thiazole rings is 1. The number of benzene rings is 2. The second kappa shape index (κ2) is 8.80. The molecule has 8 heteroatoms. The number of hydrogen-bond donors (Lipinski definition) is 0. The standard InChI is InChI=1S/C23H23N5OS2/c1-16-7-2-4-10-19(16)28-15-24-26-23(28)30-14-21(29)27-12-6-8-17(13-27)22-25-18-9-3-5-11-20(18)31-22/h2-5,7,9-11,15,17H,6,8,12-14H2,1H3. The lowest BCUT2D eigenvalue weighted by molar-refractivity contribution is -0.129. The van der Waals surface area contributed by atoms with Gasteiger partial charge in [-0.15, -0.1) is 21.5 Å². The number of piperidine rings is 1. The molecular formula is C23H23N5OS2. The van der Waals surface area contributed by atoms with Gasteiger partial charge >= 0.3 is 0 Å². The van der Waals surface area contributed by atoms with Gasteiger partial charge in [-0.25, -0.2) is 4.98 Å². The van der Waals surface area contributed by atoms with Gasteiger partial charge in [0.1, 0.15) is 6.33 Å². The molecule has 158 valence electrons. The molecule has 1 saturated heterocycles. The number of aryl methyl sites for hydroxylation is 1. The third kappa shape index (κ3) is 4.22. The van der Waals surface area contributed by atoms with Crippen LogP contribution < -0.4 is 0 Å². The van der Waals surface area contributed by atoms with Gasteiger partial charge in [0, 0.05) is 19.0 Å². The summed E-state index contributed by atoms with van der Waals surface area (Å²) in [4.78, 5) is 19.8. The molecule has 1 atom stereocenters. The first-order valence-corrected chi connectivity index (χ1v) is 12.2. The fourth-order valence-corrected chi connectivity index (χ4v) is 5.93. The van der Waals surface area contributed by atoms with Crippen LogP contribution in [0.25, 0.3) is 15.9 Å². The smallest absolute Gasteiger partial charge is 0.233 e. The quantitative estimate of drug-likeness (QED) is 0.414. The van der Waals surface area contributed by atoms with E-state index in [1.807, 2.05) is 39.8 Å². The number of carbonyl (C=O) groups excluding carboxylic acids is 1. The zero-order chi connectivity index (χ0) is 21.2. The molecule has 4 aromatic rings. The molecule has 2 aromatic carbocycles. The van der Waals surface area contributed by atoms with Crippen LogP contribution in [0.3, 0.4) is 0 Å². The van der Waals surface area contributed by atoms with Gasteiger partial charge in [0.2, 0.25) is 5.91 Å². The van der Waals surface area contributed by atoms with Gasteiger partial charge < -0.3 is 4.90 Å². The number of hydrogen-bond acceptors (Lipinski definition) is 6. The molecule has 0 bridgehead atoms. The molecule has 0 N–H and O–H groups in total. The maximum absolute atomic E-state index is 13.0. The van der Waals surface area contributed by atoms with E-state index in [4.69, 9.17) is 4.98 Å². The Kier molecular flexibility index (Phi) is 5.74. The van der Waals surface area contributed by atoms with Gasteiger partial charge in [0.25, 0.3) is 0 Å². The largest absolute Gasteiger partial charge is 0.341 e. The first-order chi connectivity index (χ1) is 15.2. The Morgan fingerprint density at radius 2 is 2.03 bits per heavy atom. The number of thioether (sulfide) groups is 1. The van der Waals surface area contributed by atoms with Gasteiger partial charge in [0.05, 0.1) is 26.7 Å². The molecule has 2 aromatic heterocycles.